The van der Waals surface area contributed by atoms with Crippen LogP contribution in [0.15, 0.2) is 4.90 Å². The lowest BCUT2D eigenvalue weighted by Gasteiger charge is -2.18. The van der Waals surface area contributed by atoms with Crippen molar-refractivity contribution in [2.75, 3.05) is 16.8 Å². The van der Waals surface area contributed by atoms with Gasteiger partial charge in [0.15, 0.2) is 15.7 Å². The lowest BCUT2D eigenvalue weighted by Crippen LogP contribution is -2.22. The summed E-state index contributed by atoms with van der Waals surface area (Å²) in [5.74, 6) is 0.727. The molecule has 102 valence electrons. The minimum Gasteiger partial charge on any atom is -0.382 e. The molecule has 2 atom stereocenters. The third-order valence-corrected chi connectivity index (χ3v) is 6.26. The number of nitrogens with one attached hydrogen (secondary N) is 1. The van der Waals surface area contributed by atoms with Crippen LogP contribution in [0, 0.1) is 5.92 Å². The monoisotopic (exact) mass is 289 g/mol. The van der Waals surface area contributed by atoms with E-state index in [2.05, 4.69) is 16.6 Å². The molecule has 1 aliphatic carbocycles. The van der Waals surface area contributed by atoms with Crippen LogP contribution in [0.25, 0.3) is 0 Å². The number of hydrogen-bond donors (Lipinski definition) is 2. The Kier molecular flexibility index (Phi) is 3.82. The third-order valence-electron chi connectivity index (χ3n) is 3.54. The molecule has 0 bridgehead atoms. The fraction of sp³-hybridized carbons (Fsp3) is 0.727. The van der Waals surface area contributed by atoms with E-state index in [4.69, 9.17) is 5.73 Å². The lowest BCUT2D eigenvalue weighted by atomic mass is 10.1. The number of hydrogen-bond acceptors (Lipinski definition) is 6. The Balaban J connectivity index is 2.29. The minimum atomic E-state index is -3.31. The second-order valence-electron chi connectivity index (χ2n) is 4.79. The Morgan fingerprint density at radius 2 is 2.22 bits per heavy atom. The van der Waals surface area contributed by atoms with Gasteiger partial charge < -0.3 is 11.1 Å². The molecule has 7 heteroatoms. The lowest BCUT2D eigenvalue weighted by molar-refractivity contribution is 0.556. The summed E-state index contributed by atoms with van der Waals surface area (Å²) in [5.41, 5.74) is 5.69. The molecule has 1 heterocycles. The Hall–Kier alpha value is -0.820. The zero-order valence-electron chi connectivity index (χ0n) is 10.6. The smallest absolute Gasteiger partial charge is 0.184 e. The van der Waals surface area contributed by atoms with E-state index >= 15 is 0 Å². The first-order chi connectivity index (χ1) is 8.45. The molecule has 18 heavy (non-hydrogen) atoms. The van der Waals surface area contributed by atoms with Gasteiger partial charge in [0, 0.05) is 6.04 Å². The van der Waals surface area contributed by atoms with Crippen LogP contribution >= 0.6 is 11.5 Å². The van der Waals surface area contributed by atoms with Crippen molar-refractivity contribution in [3.63, 3.8) is 0 Å². The molecule has 1 saturated carbocycles. The van der Waals surface area contributed by atoms with Gasteiger partial charge in [0.05, 0.1) is 5.75 Å². The van der Waals surface area contributed by atoms with E-state index in [0.29, 0.717) is 17.0 Å². The highest BCUT2D eigenvalue weighted by atomic mass is 32.2. The zero-order chi connectivity index (χ0) is 13.3. The van der Waals surface area contributed by atoms with Crippen molar-refractivity contribution in [2.24, 2.45) is 5.92 Å². The van der Waals surface area contributed by atoms with Gasteiger partial charge in [0.25, 0.3) is 0 Å². The Labute approximate surface area is 112 Å². The SMILES string of the molecule is CCS(=O)(=O)c1c(N)nsc1NC1CCCC1C. The zero-order valence-corrected chi connectivity index (χ0v) is 12.3. The van der Waals surface area contributed by atoms with E-state index < -0.39 is 9.84 Å². The summed E-state index contributed by atoms with van der Waals surface area (Å²) in [4.78, 5) is 0.189. The second-order valence-corrected chi connectivity index (χ2v) is 7.78. The maximum absolute atomic E-state index is 12.0. The molecule has 1 fully saturated rings. The average Bonchev–Trinajstić information content (AvgIpc) is 2.87. The molecule has 2 unspecified atom stereocenters. The molecule has 3 N–H and O–H groups in total. The van der Waals surface area contributed by atoms with Gasteiger partial charge in [-0.05, 0) is 30.3 Å². The molecule has 2 rings (SSSR count). The molecule has 1 aliphatic rings. The van der Waals surface area contributed by atoms with Crippen LogP contribution in [0.2, 0.25) is 0 Å². The van der Waals surface area contributed by atoms with Crippen LogP contribution in [0.3, 0.4) is 0 Å². The van der Waals surface area contributed by atoms with E-state index in [1.807, 2.05) is 0 Å². The standard InChI is InChI=1S/C11H19N3O2S2/c1-3-18(15,16)9-10(12)14-17-11(9)13-8-6-4-5-7(8)2/h7-8,13H,3-6H2,1-2H3,(H2,12,14). The summed E-state index contributed by atoms with van der Waals surface area (Å²) in [6.07, 6.45) is 3.44. The predicted molar refractivity (Wildman–Crippen MR) is 74.7 cm³/mol. The number of sulfone groups is 1. The highest BCUT2D eigenvalue weighted by Crippen LogP contribution is 2.36. The van der Waals surface area contributed by atoms with Crippen molar-refractivity contribution in [3.8, 4) is 0 Å². The van der Waals surface area contributed by atoms with Crippen molar-refractivity contribution >= 4 is 32.2 Å². The molecule has 0 saturated heterocycles. The quantitative estimate of drug-likeness (QED) is 0.887. The highest BCUT2D eigenvalue weighted by Gasteiger charge is 2.28. The van der Waals surface area contributed by atoms with E-state index in [-0.39, 0.29) is 16.5 Å². The minimum absolute atomic E-state index is 0.0461. The van der Waals surface area contributed by atoms with Gasteiger partial charge in [-0.15, -0.1) is 0 Å². The summed E-state index contributed by atoms with van der Waals surface area (Å²) >= 11 is 1.14. The van der Waals surface area contributed by atoms with Crippen LogP contribution in [-0.2, 0) is 9.84 Å². The number of anilines is 2. The van der Waals surface area contributed by atoms with Gasteiger partial charge in [0.2, 0.25) is 0 Å². The van der Waals surface area contributed by atoms with Gasteiger partial charge in [-0.25, -0.2) is 8.42 Å². The topological polar surface area (TPSA) is 85.1 Å². The molecule has 5 nitrogen and oxygen atoms in total. The molecule has 0 aromatic carbocycles. The fourth-order valence-electron chi connectivity index (χ4n) is 2.36. The molecule has 0 spiro atoms. The molecule has 0 radical (unpaired) electrons. The molecule has 1 aromatic heterocycles. The third kappa shape index (κ3) is 2.47. The number of nitrogens with zero attached hydrogens (tertiary/aromatic N) is 1. The molecule has 0 aliphatic heterocycles. The van der Waals surface area contributed by atoms with E-state index in [9.17, 15) is 8.42 Å². The first-order valence-electron chi connectivity index (χ1n) is 6.20. The number of nitrogens with two attached hydrogens (primary N) is 1. The van der Waals surface area contributed by atoms with E-state index in [1.54, 1.807) is 6.92 Å². The second kappa shape index (κ2) is 5.05. The Bertz CT molecular complexity index is 524. The van der Waals surface area contributed by atoms with Crippen LogP contribution in [0.4, 0.5) is 10.8 Å². The molecular weight excluding hydrogens is 270 g/mol. The number of aromatic nitrogens is 1. The predicted octanol–water partition coefficient (Wildman–Crippen LogP) is 2.12. The maximum atomic E-state index is 12.0. The van der Waals surface area contributed by atoms with Crippen molar-refractivity contribution in [3.05, 3.63) is 0 Å². The molecular formula is C11H19N3O2S2. The maximum Gasteiger partial charge on any atom is 0.184 e. The van der Waals surface area contributed by atoms with Crippen molar-refractivity contribution in [1.29, 1.82) is 0 Å². The highest BCUT2D eigenvalue weighted by molar-refractivity contribution is 7.91. The summed E-state index contributed by atoms with van der Waals surface area (Å²) in [7, 11) is -3.31. The summed E-state index contributed by atoms with van der Waals surface area (Å²) in [5, 5.41) is 3.92. The Morgan fingerprint density at radius 3 is 2.78 bits per heavy atom. The number of rotatable bonds is 4. The van der Waals surface area contributed by atoms with Crippen LogP contribution in [0.5, 0.6) is 0 Å². The van der Waals surface area contributed by atoms with Gasteiger partial charge >= 0.3 is 0 Å². The fourth-order valence-corrected chi connectivity index (χ4v) is 4.58. The van der Waals surface area contributed by atoms with Crippen molar-refractivity contribution in [2.45, 2.75) is 44.0 Å². The average molecular weight is 289 g/mol. The Morgan fingerprint density at radius 1 is 1.50 bits per heavy atom. The van der Waals surface area contributed by atoms with Crippen LogP contribution in [0.1, 0.15) is 33.1 Å². The van der Waals surface area contributed by atoms with Crippen molar-refractivity contribution in [1.82, 2.24) is 4.37 Å². The van der Waals surface area contributed by atoms with Gasteiger partial charge in [-0.3, -0.25) is 0 Å². The first-order valence-corrected chi connectivity index (χ1v) is 8.62. The summed E-state index contributed by atoms with van der Waals surface area (Å²) in [6.45, 7) is 3.80. The summed E-state index contributed by atoms with van der Waals surface area (Å²) < 4.78 is 28.0. The molecule has 1 aromatic rings. The van der Waals surface area contributed by atoms with Crippen LogP contribution in [-0.4, -0.2) is 24.6 Å². The molecule has 0 amide bonds. The normalized spacial score (nSPS) is 24.3. The van der Waals surface area contributed by atoms with E-state index in [1.165, 1.54) is 12.8 Å². The summed E-state index contributed by atoms with van der Waals surface area (Å²) in [6, 6.07) is 0.329. The van der Waals surface area contributed by atoms with Gasteiger partial charge in [-0.2, -0.15) is 4.37 Å². The van der Waals surface area contributed by atoms with Gasteiger partial charge in [-0.1, -0.05) is 20.3 Å². The first kappa shape index (κ1) is 13.6. The number of nitrogen functional groups attached to an aromatic ring is 1. The largest absolute Gasteiger partial charge is 0.382 e. The van der Waals surface area contributed by atoms with Gasteiger partial charge in [0.1, 0.15) is 9.90 Å². The van der Waals surface area contributed by atoms with Crippen LogP contribution < -0.4 is 11.1 Å². The van der Waals surface area contributed by atoms with E-state index in [0.717, 1.165) is 18.0 Å². The van der Waals surface area contributed by atoms with Crippen molar-refractivity contribution < 1.29 is 8.42 Å².